The Kier molecular flexibility index (Phi) is 3.72. The van der Waals surface area contributed by atoms with Crippen LogP contribution in [0.3, 0.4) is 0 Å². The van der Waals surface area contributed by atoms with Crippen LogP contribution in [0.15, 0.2) is 0 Å². The Morgan fingerprint density at radius 1 is 1.06 bits per heavy atom. The number of fused-ring (bicyclic) bond motifs is 1. The van der Waals surface area contributed by atoms with Crippen LogP contribution in [0.5, 0.6) is 0 Å². The van der Waals surface area contributed by atoms with Gasteiger partial charge in [0.25, 0.3) is 0 Å². The van der Waals surface area contributed by atoms with E-state index in [1.165, 1.54) is 0 Å². The molecule has 0 aromatic carbocycles. The number of rotatable bonds is 0. The third-order valence-electron chi connectivity index (χ3n) is 3.60. The van der Waals surface area contributed by atoms with Crippen LogP contribution in [0, 0.1) is 0 Å². The fourth-order valence-corrected chi connectivity index (χ4v) is 2.43. The molecule has 0 spiro atoms. The largest absolute Gasteiger partial charge is 0.341 e. The number of carbonyl (C=O) groups is 2. The number of carbonyl (C=O) groups excluding carboxylic acids is 2. The molecule has 2 amide bonds. The zero-order valence-corrected chi connectivity index (χ0v) is 11.4. The molecule has 2 rings (SSSR count). The molecule has 2 heterocycles. The number of piperazine rings is 1. The number of hydrogen-bond acceptors (Lipinski definition) is 3. The zero-order valence-electron chi connectivity index (χ0n) is 10.0. The van der Waals surface area contributed by atoms with E-state index in [1.54, 1.807) is 23.8 Å². The van der Waals surface area contributed by atoms with E-state index >= 15 is 0 Å². The molecule has 3 unspecified atom stereocenters. The summed E-state index contributed by atoms with van der Waals surface area (Å²) < 4.78 is 0. The summed E-state index contributed by atoms with van der Waals surface area (Å²) in [6.45, 7) is 4.29. The predicted octanol–water partition coefficient (Wildman–Crippen LogP) is -0.667. The molecule has 1 radical (unpaired) electrons. The van der Waals surface area contributed by atoms with Crippen LogP contribution in [0.2, 0.25) is 0 Å². The second-order valence-corrected chi connectivity index (χ2v) is 4.46. The van der Waals surface area contributed by atoms with Crippen LogP contribution in [0.4, 0.5) is 0 Å². The van der Waals surface area contributed by atoms with Crippen molar-refractivity contribution in [2.45, 2.75) is 32.1 Å². The van der Waals surface area contributed by atoms with E-state index in [2.05, 4.69) is 0 Å². The first-order valence-corrected chi connectivity index (χ1v) is 5.24. The maximum atomic E-state index is 11.9. The van der Waals surface area contributed by atoms with Crippen molar-refractivity contribution in [1.82, 2.24) is 14.7 Å². The van der Waals surface area contributed by atoms with Gasteiger partial charge < -0.3 is 9.80 Å². The van der Waals surface area contributed by atoms with E-state index in [1.807, 2.05) is 18.9 Å². The Morgan fingerprint density at radius 2 is 1.62 bits per heavy atom. The maximum Gasteiger partial charge on any atom is 0.245 e. The summed E-state index contributed by atoms with van der Waals surface area (Å²) in [6.07, 6.45) is 0.0465. The Morgan fingerprint density at radius 3 is 2.19 bits per heavy atom. The van der Waals surface area contributed by atoms with E-state index in [-0.39, 0.29) is 48.6 Å². The second kappa shape index (κ2) is 4.39. The van der Waals surface area contributed by atoms with Gasteiger partial charge in [0.15, 0.2) is 0 Å². The molecule has 2 saturated heterocycles. The van der Waals surface area contributed by atoms with Crippen molar-refractivity contribution < 1.29 is 28.1 Å². The fraction of sp³-hybridized carbons (Fsp3) is 0.800. The molecule has 3 atom stereocenters. The third-order valence-corrected chi connectivity index (χ3v) is 3.60. The normalized spacial score (nSPS) is 35.1. The smallest absolute Gasteiger partial charge is 0.245 e. The molecule has 5 nitrogen and oxygen atoms in total. The van der Waals surface area contributed by atoms with E-state index in [9.17, 15) is 9.59 Å². The molecule has 0 aromatic rings. The average molecular weight is 262 g/mol. The van der Waals surface area contributed by atoms with Crippen molar-refractivity contribution in [3.8, 4) is 0 Å². The minimum atomic E-state index is -0.325. The van der Waals surface area contributed by atoms with E-state index in [4.69, 9.17) is 0 Å². The van der Waals surface area contributed by atoms with Crippen LogP contribution in [0.1, 0.15) is 13.8 Å². The minimum absolute atomic E-state index is 0. The van der Waals surface area contributed by atoms with Gasteiger partial charge in [-0.1, -0.05) is 0 Å². The van der Waals surface area contributed by atoms with Crippen molar-refractivity contribution in [2.75, 3.05) is 20.6 Å². The van der Waals surface area contributed by atoms with Crippen molar-refractivity contribution >= 4 is 11.8 Å². The molecule has 0 saturated carbocycles. The molecule has 0 aromatic heterocycles. The van der Waals surface area contributed by atoms with Gasteiger partial charge in [-0.3, -0.25) is 14.5 Å². The van der Waals surface area contributed by atoms with E-state index in [0.717, 1.165) is 0 Å². The molecule has 16 heavy (non-hydrogen) atoms. The molecule has 0 N–H and O–H groups in total. The molecular formula is C10H17N3O2V. The van der Waals surface area contributed by atoms with E-state index in [0.29, 0.717) is 6.54 Å². The zero-order chi connectivity index (χ0) is 11.3. The number of hydrogen-bond donors (Lipinski definition) is 0. The molecule has 2 aliphatic rings. The summed E-state index contributed by atoms with van der Waals surface area (Å²) in [5.74, 6) is 0.0959. The standard InChI is InChI=1S/C10H17N3O2.V/c1-6-10(15)13-7(2)9(14)11(3)5-8(13)12(6)4;/h6-8H,5H2,1-4H3;. The van der Waals surface area contributed by atoms with Gasteiger partial charge >= 0.3 is 0 Å². The van der Waals surface area contributed by atoms with Crippen LogP contribution >= 0.6 is 0 Å². The summed E-state index contributed by atoms with van der Waals surface area (Å²) in [4.78, 5) is 29.1. The first-order chi connectivity index (χ1) is 6.95. The van der Waals surface area contributed by atoms with Crippen LogP contribution in [0.25, 0.3) is 0 Å². The summed E-state index contributed by atoms with van der Waals surface area (Å²) in [6, 6.07) is -0.439. The van der Waals surface area contributed by atoms with Crippen LogP contribution < -0.4 is 0 Å². The topological polar surface area (TPSA) is 43.9 Å². The second-order valence-electron chi connectivity index (χ2n) is 4.46. The third kappa shape index (κ3) is 1.67. The molecule has 89 valence electrons. The molecule has 6 heteroatoms. The summed E-state index contributed by atoms with van der Waals surface area (Å²) in [7, 11) is 3.72. The predicted molar refractivity (Wildman–Crippen MR) is 55.0 cm³/mol. The first kappa shape index (κ1) is 13.5. The molecule has 0 bridgehead atoms. The molecular weight excluding hydrogens is 245 g/mol. The van der Waals surface area contributed by atoms with Gasteiger partial charge in [-0.05, 0) is 20.9 Å². The Bertz CT molecular complexity index is 323. The maximum absolute atomic E-state index is 11.9. The van der Waals surface area contributed by atoms with Gasteiger partial charge in [-0.25, -0.2) is 0 Å². The quantitative estimate of drug-likeness (QED) is 0.582. The number of nitrogens with zero attached hydrogens (tertiary/aromatic N) is 3. The van der Waals surface area contributed by atoms with Crippen molar-refractivity contribution in [1.29, 1.82) is 0 Å². The van der Waals surface area contributed by atoms with Crippen molar-refractivity contribution in [3.05, 3.63) is 0 Å². The van der Waals surface area contributed by atoms with Gasteiger partial charge in [-0.15, -0.1) is 0 Å². The Hall–Kier alpha value is -0.516. The van der Waals surface area contributed by atoms with Crippen molar-refractivity contribution in [3.63, 3.8) is 0 Å². The Labute approximate surface area is 108 Å². The monoisotopic (exact) mass is 262 g/mol. The van der Waals surface area contributed by atoms with Crippen LogP contribution in [-0.2, 0) is 28.1 Å². The summed E-state index contributed by atoms with van der Waals surface area (Å²) in [5, 5.41) is 0. The van der Waals surface area contributed by atoms with E-state index < -0.39 is 0 Å². The minimum Gasteiger partial charge on any atom is -0.341 e. The molecule has 0 aliphatic carbocycles. The van der Waals surface area contributed by atoms with Gasteiger partial charge in [0, 0.05) is 25.6 Å². The van der Waals surface area contributed by atoms with Crippen molar-refractivity contribution in [2.24, 2.45) is 0 Å². The van der Waals surface area contributed by atoms with Gasteiger partial charge in [0.2, 0.25) is 11.8 Å². The molecule has 2 fully saturated rings. The number of likely N-dealkylation sites (N-methyl/N-ethyl adjacent to an activating group) is 2. The van der Waals surface area contributed by atoms with Gasteiger partial charge in [0.05, 0.1) is 12.6 Å². The fourth-order valence-electron chi connectivity index (χ4n) is 2.43. The number of amides is 2. The van der Waals surface area contributed by atoms with Gasteiger partial charge in [0.1, 0.15) is 12.2 Å². The summed E-state index contributed by atoms with van der Waals surface area (Å²) in [5.41, 5.74) is 0. The van der Waals surface area contributed by atoms with Gasteiger partial charge in [-0.2, -0.15) is 0 Å². The molecule has 2 aliphatic heterocycles. The van der Waals surface area contributed by atoms with Crippen LogP contribution in [-0.4, -0.2) is 65.4 Å². The first-order valence-electron chi connectivity index (χ1n) is 5.24. The SMILES string of the molecule is CC1C(=O)N2C(C)C(=O)N(C)CC2N1C.[V]. The Balaban J connectivity index is 0.00000128. The average Bonchev–Trinajstić information content (AvgIpc) is 2.40. The summed E-state index contributed by atoms with van der Waals surface area (Å²) >= 11 is 0.